The molecule has 1 N–H and O–H groups in total. The molecule has 0 fully saturated rings. The number of ether oxygens (including phenoxy) is 1. The number of halogens is 1. The normalized spacial score (nSPS) is 11.2. The van der Waals surface area contributed by atoms with E-state index in [1.807, 2.05) is 48.5 Å². The van der Waals surface area contributed by atoms with Crippen LogP contribution in [0.25, 0.3) is 0 Å². The fourth-order valence-corrected chi connectivity index (χ4v) is 1.58. The summed E-state index contributed by atoms with van der Waals surface area (Å²) in [7, 11) is 0. The molecule has 0 aliphatic carbocycles. The number of nitrogens with one attached hydrogen (secondary N) is 1. The summed E-state index contributed by atoms with van der Waals surface area (Å²) in [4.78, 5) is 0. The Bertz CT molecular complexity index is 397. The molecule has 0 saturated heterocycles. The molecule has 0 radical (unpaired) electrons. The zero-order valence-electron chi connectivity index (χ0n) is 7.94. The van der Waals surface area contributed by atoms with Gasteiger partial charge in [0.15, 0.2) is 11.5 Å². The first-order chi connectivity index (χ1) is 6.93. The van der Waals surface area contributed by atoms with Gasteiger partial charge in [0.25, 0.3) is 0 Å². The van der Waals surface area contributed by atoms with Crippen molar-refractivity contribution in [2.24, 2.45) is 0 Å². The van der Waals surface area contributed by atoms with E-state index >= 15 is 0 Å². The lowest BCUT2D eigenvalue weighted by Gasteiger charge is -2.20. The van der Waals surface area contributed by atoms with Gasteiger partial charge in [0.05, 0.1) is 11.4 Å². The van der Waals surface area contributed by atoms with Crippen LogP contribution < -0.4 is 10.1 Å². The van der Waals surface area contributed by atoms with Crippen LogP contribution in [0.1, 0.15) is 0 Å². The highest BCUT2D eigenvalue weighted by atomic mass is 79.9. The van der Waals surface area contributed by atoms with E-state index in [-0.39, 0.29) is 17.0 Å². The molecule has 0 saturated carbocycles. The maximum Gasteiger partial charge on any atom is 0.150 e. The molecule has 3 heteroatoms. The third-order valence-electron chi connectivity index (χ3n) is 2.26. The van der Waals surface area contributed by atoms with Gasteiger partial charge in [-0.25, -0.2) is 0 Å². The predicted octanol–water partition coefficient (Wildman–Crippen LogP) is 4.11. The summed E-state index contributed by atoms with van der Waals surface area (Å²) < 4.78 is 5.71. The van der Waals surface area contributed by atoms with Crippen LogP contribution in [-0.4, -0.2) is 0 Å². The molecule has 1 aliphatic rings. The van der Waals surface area contributed by atoms with E-state index in [1.54, 1.807) is 0 Å². The largest absolute Gasteiger partial charge is 0.453 e. The monoisotopic (exact) mass is 263 g/mol. The van der Waals surface area contributed by atoms with E-state index in [0.717, 1.165) is 22.9 Å². The first-order valence-corrected chi connectivity index (χ1v) is 4.56. The molecule has 0 unspecified atom stereocenters. The van der Waals surface area contributed by atoms with Gasteiger partial charge in [0, 0.05) is 0 Å². The molecule has 2 aromatic carbocycles. The molecule has 0 amide bonds. The Morgan fingerprint density at radius 1 is 0.733 bits per heavy atom. The van der Waals surface area contributed by atoms with Crippen molar-refractivity contribution < 1.29 is 4.74 Å². The molecular formula is C12H10BrNO. The number of hydrogen-bond donors (Lipinski definition) is 1. The number of benzene rings is 2. The van der Waals surface area contributed by atoms with Crippen molar-refractivity contribution >= 4 is 28.4 Å². The SMILES string of the molecule is Br.c1ccc2c(c1)Nc1ccccc1O2. The number of para-hydroxylation sites is 4. The Kier molecular flexibility index (Phi) is 2.64. The molecule has 0 bridgehead atoms. The summed E-state index contributed by atoms with van der Waals surface area (Å²) in [5.41, 5.74) is 2.04. The molecular weight excluding hydrogens is 254 g/mol. The Hall–Kier alpha value is -1.48. The lowest BCUT2D eigenvalue weighted by molar-refractivity contribution is 0.481. The zero-order chi connectivity index (χ0) is 9.38. The lowest BCUT2D eigenvalue weighted by atomic mass is 10.2. The van der Waals surface area contributed by atoms with Crippen molar-refractivity contribution in [2.75, 3.05) is 5.32 Å². The van der Waals surface area contributed by atoms with Gasteiger partial charge in [-0.1, -0.05) is 24.3 Å². The summed E-state index contributed by atoms with van der Waals surface area (Å²) in [6, 6.07) is 15.8. The Morgan fingerprint density at radius 2 is 1.20 bits per heavy atom. The number of hydrogen-bond acceptors (Lipinski definition) is 2. The number of fused-ring (bicyclic) bond motifs is 2. The number of anilines is 2. The Labute approximate surface area is 98.7 Å². The van der Waals surface area contributed by atoms with Crippen molar-refractivity contribution in [3.05, 3.63) is 48.5 Å². The average molecular weight is 264 g/mol. The second kappa shape index (κ2) is 3.95. The van der Waals surface area contributed by atoms with Crippen LogP contribution in [0.3, 0.4) is 0 Å². The van der Waals surface area contributed by atoms with Gasteiger partial charge in [0.1, 0.15) is 0 Å². The van der Waals surface area contributed by atoms with E-state index in [0.29, 0.717) is 0 Å². The van der Waals surface area contributed by atoms with Crippen LogP contribution >= 0.6 is 17.0 Å². The minimum atomic E-state index is 0. The smallest absolute Gasteiger partial charge is 0.150 e. The van der Waals surface area contributed by atoms with Gasteiger partial charge in [0.2, 0.25) is 0 Å². The maximum atomic E-state index is 5.71. The fourth-order valence-electron chi connectivity index (χ4n) is 1.58. The maximum absolute atomic E-state index is 5.71. The van der Waals surface area contributed by atoms with E-state index in [4.69, 9.17) is 4.74 Å². The van der Waals surface area contributed by atoms with Crippen molar-refractivity contribution in [3.63, 3.8) is 0 Å². The summed E-state index contributed by atoms with van der Waals surface area (Å²) in [6.45, 7) is 0. The second-order valence-corrected chi connectivity index (χ2v) is 3.22. The zero-order valence-corrected chi connectivity index (χ0v) is 9.65. The molecule has 76 valence electrons. The second-order valence-electron chi connectivity index (χ2n) is 3.22. The molecule has 0 spiro atoms. The van der Waals surface area contributed by atoms with Crippen LogP contribution in [0.2, 0.25) is 0 Å². The van der Waals surface area contributed by atoms with Crippen molar-refractivity contribution in [3.8, 4) is 11.5 Å². The average Bonchev–Trinajstić information content (AvgIpc) is 2.26. The van der Waals surface area contributed by atoms with Crippen molar-refractivity contribution in [2.45, 2.75) is 0 Å². The van der Waals surface area contributed by atoms with E-state index in [9.17, 15) is 0 Å². The van der Waals surface area contributed by atoms with Gasteiger partial charge in [-0.2, -0.15) is 0 Å². The van der Waals surface area contributed by atoms with Gasteiger partial charge < -0.3 is 10.1 Å². The molecule has 1 heterocycles. The molecule has 15 heavy (non-hydrogen) atoms. The van der Waals surface area contributed by atoms with Crippen molar-refractivity contribution in [1.29, 1.82) is 0 Å². The highest BCUT2D eigenvalue weighted by Crippen LogP contribution is 2.40. The molecule has 2 nitrogen and oxygen atoms in total. The molecule has 0 aromatic heterocycles. The quantitative estimate of drug-likeness (QED) is 0.659. The summed E-state index contributed by atoms with van der Waals surface area (Å²) >= 11 is 0. The van der Waals surface area contributed by atoms with E-state index in [1.165, 1.54) is 0 Å². The van der Waals surface area contributed by atoms with Gasteiger partial charge in [-0.3, -0.25) is 0 Å². The topological polar surface area (TPSA) is 21.3 Å². The predicted molar refractivity (Wildman–Crippen MR) is 66.6 cm³/mol. The van der Waals surface area contributed by atoms with E-state index < -0.39 is 0 Å². The fraction of sp³-hybridized carbons (Fsp3) is 0. The molecule has 3 rings (SSSR count). The van der Waals surface area contributed by atoms with Crippen LogP contribution in [-0.2, 0) is 0 Å². The van der Waals surface area contributed by atoms with Gasteiger partial charge in [-0.15, -0.1) is 17.0 Å². The van der Waals surface area contributed by atoms with Crippen LogP contribution in [0, 0.1) is 0 Å². The Morgan fingerprint density at radius 3 is 1.73 bits per heavy atom. The highest BCUT2D eigenvalue weighted by molar-refractivity contribution is 8.93. The van der Waals surface area contributed by atoms with Crippen LogP contribution in [0.4, 0.5) is 11.4 Å². The molecule has 1 aliphatic heterocycles. The van der Waals surface area contributed by atoms with Gasteiger partial charge >= 0.3 is 0 Å². The molecule has 0 atom stereocenters. The third-order valence-corrected chi connectivity index (χ3v) is 2.26. The first kappa shape index (κ1) is 10.1. The van der Waals surface area contributed by atoms with Crippen LogP contribution in [0.15, 0.2) is 48.5 Å². The Balaban J connectivity index is 0.000000853. The van der Waals surface area contributed by atoms with Crippen LogP contribution in [0.5, 0.6) is 11.5 Å². The third kappa shape index (κ3) is 1.70. The lowest BCUT2D eigenvalue weighted by Crippen LogP contribution is -2.01. The summed E-state index contributed by atoms with van der Waals surface area (Å²) in [5, 5.41) is 3.32. The highest BCUT2D eigenvalue weighted by Gasteiger charge is 2.13. The van der Waals surface area contributed by atoms with E-state index in [2.05, 4.69) is 5.32 Å². The summed E-state index contributed by atoms with van der Waals surface area (Å²) in [6.07, 6.45) is 0. The molecule has 2 aromatic rings. The minimum absolute atomic E-state index is 0. The first-order valence-electron chi connectivity index (χ1n) is 4.56. The minimum Gasteiger partial charge on any atom is -0.453 e. The number of rotatable bonds is 0. The van der Waals surface area contributed by atoms with Gasteiger partial charge in [-0.05, 0) is 24.3 Å². The summed E-state index contributed by atoms with van der Waals surface area (Å²) in [5.74, 6) is 1.76. The van der Waals surface area contributed by atoms with Crippen molar-refractivity contribution in [1.82, 2.24) is 0 Å². The standard InChI is InChI=1S/C12H9NO.BrH/c1-3-7-11-9(5-1)13-10-6-2-4-8-12(10)14-11;/h1-8,13H;1H.